The minimum Gasteiger partial charge on any atom is -0.494 e. The quantitative estimate of drug-likeness (QED) is 0.659. The van der Waals surface area contributed by atoms with Crippen LogP contribution in [0.15, 0.2) is 47.4 Å². The van der Waals surface area contributed by atoms with Crippen molar-refractivity contribution in [3.63, 3.8) is 0 Å². The molecule has 3 rings (SSSR count). The second kappa shape index (κ2) is 9.51. The van der Waals surface area contributed by atoms with Crippen LogP contribution in [0, 0.1) is 11.6 Å². The van der Waals surface area contributed by atoms with E-state index in [1.54, 1.807) is 12.1 Å². The number of benzene rings is 2. The summed E-state index contributed by atoms with van der Waals surface area (Å²) in [5, 5.41) is 0. The Bertz CT molecular complexity index is 915. The zero-order valence-corrected chi connectivity index (χ0v) is 17.1. The highest BCUT2D eigenvalue weighted by Gasteiger charge is 2.18. The Morgan fingerprint density at radius 2 is 1.72 bits per heavy atom. The van der Waals surface area contributed by atoms with Gasteiger partial charge in [0.15, 0.2) is 11.6 Å². The molecule has 0 amide bonds. The van der Waals surface area contributed by atoms with E-state index >= 15 is 0 Å². The first-order valence-corrected chi connectivity index (χ1v) is 10.9. The maximum Gasteiger partial charge on any atom is 0.240 e. The first-order valence-electron chi connectivity index (χ1n) is 9.45. The van der Waals surface area contributed by atoms with Gasteiger partial charge in [-0.3, -0.25) is 4.90 Å². The minimum absolute atomic E-state index is 0.00345. The number of nitrogens with one attached hydrogen (secondary N) is 1. The summed E-state index contributed by atoms with van der Waals surface area (Å²) < 4.78 is 58.7. The van der Waals surface area contributed by atoms with Crippen LogP contribution in [0.25, 0.3) is 0 Å². The molecule has 6 nitrogen and oxygen atoms in total. The highest BCUT2D eigenvalue weighted by molar-refractivity contribution is 7.89. The molecule has 1 N–H and O–H groups in total. The number of methoxy groups -OCH3 is 1. The summed E-state index contributed by atoms with van der Waals surface area (Å²) in [5.74, 6) is -0.953. The molecular formula is C20H25F2N3O3S. The molecule has 29 heavy (non-hydrogen) atoms. The number of ether oxygens (including phenoxy) is 1. The van der Waals surface area contributed by atoms with Crippen LogP contribution in [0.5, 0.6) is 5.75 Å². The minimum atomic E-state index is -3.76. The normalized spacial score (nSPS) is 15.5. The van der Waals surface area contributed by atoms with Crippen LogP contribution in [0.2, 0.25) is 0 Å². The molecule has 158 valence electrons. The maximum atomic E-state index is 13.7. The lowest BCUT2D eigenvalue weighted by Crippen LogP contribution is -2.47. The van der Waals surface area contributed by atoms with E-state index in [2.05, 4.69) is 14.5 Å². The second-order valence-electron chi connectivity index (χ2n) is 6.85. The van der Waals surface area contributed by atoms with Crippen molar-refractivity contribution < 1.29 is 21.9 Å². The monoisotopic (exact) mass is 425 g/mol. The van der Waals surface area contributed by atoms with Gasteiger partial charge in [0, 0.05) is 38.4 Å². The molecule has 0 atom stereocenters. The number of sulfonamides is 1. The van der Waals surface area contributed by atoms with Crippen molar-refractivity contribution in [2.24, 2.45) is 0 Å². The molecular weight excluding hydrogens is 400 g/mol. The highest BCUT2D eigenvalue weighted by Crippen LogP contribution is 2.20. The fourth-order valence-electron chi connectivity index (χ4n) is 3.29. The van der Waals surface area contributed by atoms with Crippen molar-refractivity contribution >= 4 is 15.7 Å². The molecule has 1 fully saturated rings. The van der Waals surface area contributed by atoms with E-state index in [1.165, 1.54) is 31.4 Å². The number of halogens is 2. The number of nitrogens with zero attached hydrogens (tertiary/aromatic N) is 2. The van der Waals surface area contributed by atoms with Crippen molar-refractivity contribution in [1.29, 1.82) is 0 Å². The molecule has 2 aromatic rings. The smallest absolute Gasteiger partial charge is 0.240 e. The zero-order chi connectivity index (χ0) is 20.9. The Kier molecular flexibility index (Phi) is 7.05. The van der Waals surface area contributed by atoms with Gasteiger partial charge >= 0.3 is 0 Å². The summed E-state index contributed by atoms with van der Waals surface area (Å²) in [6.45, 7) is 4.41. The molecule has 0 radical (unpaired) electrons. The molecule has 2 aromatic carbocycles. The molecule has 1 saturated heterocycles. The van der Waals surface area contributed by atoms with E-state index < -0.39 is 15.8 Å². The summed E-state index contributed by atoms with van der Waals surface area (Å²) in [6, 6.07) is 10.0. The number of piperazine rings is 1. The third-order valence-corrected chi connectivity index (χ3v) is 6.40. The first-order chi connectivity index (χ1) is 13.9. The standard InChI is InChI=1S/C20H25F2N3O3S/c1-28-20-8-7-18(15-19(20)22)29(26,27)23-9-2-10-24-11-13-25(14-12-24)17-5-3-16(21)4-6-17/h3-8,15,23H,2,9-14H2,1H3. The van der Waals surface area contributed by atoms with Crippen LogP contribution in [0.1, 0.15) is 6.42 Å². The number of hydrogen-bond acceptors (Lipinski definition) is 5. The van der Waals surface area contributed by atoms with E-state index in [0.29, 0.717) is 6.42 Å². The lowest BCUT2D eigenvalue weighted by molar-refractivity contribution is 0.255. The van der Waals surface area contributed by atoms with E-state index in [-0.39, 0.29) is 23.0 Å². The second-order valence-corrected chi connectivity index (χ2v) is 8.62. The van der Waals surface area contributed by atoms with Gasteiger partial charge in [-0.2, -0.15) is 0 Å². The molecule has 0 aliphatic carbocycles. The van der Waals surface area contributed by atoms with Gasteiger partial charge in [-0.05, 0) is 55.4 Å². The number of hydrogen-bond donors (Lipinski definition) is 1. The Morgan fingerprint density at radius 3 is 2.34 bits per heavy atom. The molecule has 1 aliphatic heterocycles. The molecule has 0 aromatic heterocycles. The number of rotatable bonds is 8. The van der Waals surface area contributed by atoms with Gasteiger partial charge in [-0.1, -0.05) is 0 Å². The summed E-state index contributed by atoms with van der Waals surface area (Å²) in [4.78, 5) is 4.35. The zero-order valence-electron chi connectivity index (χ0n) is 16.3. The van der Waals surface area contributed by atoms with Gasteiger partial charge in [0.1, 0.15) is 5.82 Å². The Balaban J connectivity index is 1.41. The van der Waals surface area contributed by atoms with Gasteiger partial charge in [-0.25, -0.2) is 21.9 Å². The number of anilines is 1. The highest BCUT2D eigenvalue weighted by atomic mass is 32.2. The van der Waals surface area contributed by atoms with Crippen molar-refractivity contribution in [1.82, 2.24) is 9.62 Å². The lowest BCUT2D eigenvalue weighted by Gasteiger charge is -2.36. The van der Waals surface area contributed by atoms with Gasteiger partial charge in [0.05, 0.1) is 12.0 Å². The van der Waals surface area contributed by atoms with Crippen molar-refractivity contribution in [2.45, 2.75) is 11.3 Å². The third-order valence-electron chi connectivity index (χ3n) is 4.94. The Morgan fingerprint density at radius 1 is 1.03 bits per heavy atom. The van der Waals surface area contributed by atoms with E-state index in [9.17, 15) is 17.2 Å². The molecule has 0 bridgehead atoms. The molecule has 1 heterocycles. The van der Waals surface area contributed by atoms with Gasteiger partial charge in [0.25, 0.3) is 0 Å². The van der Waals surface area contributed by atoms with Crippen LogP contribution in [0.3, 0.4) is 0 Å². The average Bonchev–Trinajstić information content (AvgIpc) is 2.72. The van der Waals surface area contributed by atoms with Crippen LogP contribution in [0.4, 0.5) is 14.5 Å². The van der Waals surface area contributed by atoms with Gasteiger partial charge < -0.3 is 9.64 Å². The first kappa shape index (κ1) is 21.5. The average molecular weight is 426 g/mol. The molecule has 0 saturated carbocycles. The summed E-state index contributed by atoms with van der Waals surface area (Å²) in [6.07, 6.45) is 0.647. The molecule has 0 spiro atoms. The van der Waals surface area contributed by atoms with E-state index in [0.717, 1.165) is 44.5 Å². The van der Waals surface area contributed by atoms with Crippen molar-refractivity contribution in [3.05, 3.63) is 54.1 Å². The van der Waals surface area contributed by atoms with Crippen LogP contribution in [-0.2, 0) is 10.0 Å². The Hall–Kier alpha value is -2.23. The lowest BCUT2D eigenvalue weighted by atomic mass is 10.2. The van der Waals surface area contributed by atoms with Crippen molar-refractivity contribution in [3.8, 4) is 5.75 Å². The van der Waals surface area contributed by atoms with E-state index in [1.807, 2.05) is 0 Å². The van der Waals surface area contributed by atoms with Crippen molar-refractivity contribution in [2.75, 3.05) is 51.3 Å². The molecule has 1 aliphatic rings. The van der Waals surface area contributed by atoms with Crippen LogP contribution in [-0.4, -0.2) is 59.7 Å². The summed E-state index contributed by atoms with van der Waals surface area (Å²) >= 11 is 0. The molecule has 0 unspecified atom stereocenters. The fraction of sp³-hybridized carbons (Fsp3) is 0.400. The fourth-order valence-corrected chi connectivity index (χ4v) is 4.37. The Labute approximate surface area is 170 Å². The third kappa shape index (κ3) is 5.65. The predicted octanol–water partition coefficient (Wildman–Crippen LogP) is 2.46. The van der Waals surface area contributed by atoms with Crippen LogP contribution < -0.4 is 14.4 Å². The molecule has 9 heteroatoms. The maximum absolute atomic E-state index is 13.7. The SMILES string of the molecule is COc1ccc(S(=O)(=O)NCCCN2CCN(c3ccc(F)cc3)CC2)cc1F. The van der Waals surface area contributed by atoms with E-state index in [4.69, 9.17) is 4.74 Å². The topological polar surface area (TPSA) is 61.9 Å². The summed E-state index contributed by atoms with van der Waals surface area (Å²) in [7, 11) is -2.44. The van der Waals surface area contributed by atoms with Gasteiger partial charge in [0.2, 0.25) is 10.0 Å². The summed E-state index contributed by atoms with van der Waals surface area (Å²) in [5.41, 5.74) is 1.01. The van der Waals surface area contributed by atoms with Gasteiger partial charge in [-0.15, -0.1) is 0 Å². The largest absolute Gasteiger partial charge is 0.494 e. The van der Waals surface area contributed by atoms with Crippen LogP contribution >= 0.6 is 0 Å². The predicted molar refractivity (Wildman–Crippen MR) is 108 cm³/mol.